The average Bonchev–Trinajstić information content (AvgIpc) is 2.55. The Morgan fingerprint density at radius 2 is 1.96 bits per heavy atom. The first-order chi connectivity index (χ1) is 11.6. The zero-order valence-electron chi connectivity index (χ0n) is 13.2. The van der Waals surface area contributed by atoms with Crippen LogP contribution in [0.5, 0.6) is 0 Å². The van der Waals surface area contributed by atoms with Crippen LogP contribution in [0.25, 0.3) is 10.9 Å². The van der Waals surface area contributed by atoms with Crippen LogP contribution in [0.1, 0.15) is 21.5 Å². The van der Waals surface area contributed by atoms with E-state index in [0.29, 0.717) is 23.6 Å². The lowest BCUT2D eigenvalue weighted by molar-refractivity contribution is 0.0952. The number of para-hydroxylation sites is 1. The minimum Gasteiger partial charge on any atom is -0.352 e. The van der Waals surface area contributed by atoms with Crippen molar-refractivity contribution in [3.05, 3.63) is 80.6 Å². The van der Waals surface area contributed by atoms with Gasteiger partial charge in [0.05, 0.1) is 0 Å². The summed E-state index contributed by atoms with van der Waals surface area (Å²) >= 11 is 5.95. The normalized spacial score (nSPS) is 10.8. The predicted octanol–water partition coefficient (Wildman–Crippen LogP) is 3.46. The Morgan fingerprint density at radius 3 is 2.75 bits per heavy atom. The van der Waals surface area contributed by atoms with Crippen LogP contribution < -0.4 is 10.9 Å². The van der Waals surface area contributed by atoms with Crippen molar-refractivity contribution in [1.82, 2.24) is 10.3 Å². The smallest absolute Gasteiger partial charge is 0.261 e. The number of aryl methyl sites for hydroxylation is 1. The standard InChI is InChI=1S/C19H17ClN2O2/c1-12-15-7-2-3-8-16(15)22-19(24)17(12)18(23)21-10-9-13-5-4-6-14(20)11-13/h2-8,11H,9-10H2,1H3,(H,21,23)(H,22,24). The number of hydrogen-bond donors (Lipinski definition) is 2. The van der Waals surface area contributed by atoms with Gasteiger partial charge in [-0.25, -0.2) is 0 Å². The van der Waals surface area contributed by atoms with E-state index in [1.807, 2.05) is 48.5 Å². The number of hydrogen-bond acceptors (Lipinski definition) is 2. The summed E-state index contributed by atoms with van der Waals surface area (Å²) in [5, 5.41) is 4.35. The maximum Gasteiger partial charge on any atom is 0.261 e. The molecule has 0 atom stereocenters. The van der Waals surface area contributed by atoms with E-state index in [9.17, 15) is 9.59 Å². The van der Waals surface area contributed by atoms with Crippen molar-refractivity contribution in [3.63, 3.8) is 0 Å². The van der Waals surface area contributed by atoms with E-state index in [1.54, 1.807) is 6.92 Å². The van der Waals surface area contributed by atoms with Gasteiger partial charge in [-0.05, 0) is 42.7 Å². The van der Waals surface area contributed by atoms with Crippen molar-refractivity contribution in [2.24, 2.45) is 0 Å². The summed E-state index contributed by atoms with van der Waals surface area (Å²) in [6.45, 7) is 2.23. The van der Waals surface area contributed by atoms with E-state index in [2.05, 4.69) is 10.3 Å². The molecule has 2 N–H and O–H groups in total. The first-order valence-electron chi connectivity index (χ1n) is 7.70. The fourth-order valence-corrected chi connectivity index (χ4v) is 3.00. The molecular weight excluding hydrogens is 324 g/mol. The summed E-state index contributed by atoms with van der Waals surface area (Å²) in [6, 6.07) is 14.9. The third-order valence-corrected chi connectivity index (χ3v) is 4.23. The first kappa shape index (κ1) is 16.3. The third kappa shape index (κ3) is 3.34. The second kappa shape index (κ2) is 6.89. The van der Waals surface area contributed by atoms with E-state index in [0.717, 1.165) is 16.5 Å². The highest BCUT2D eigenvalue weighted by Crippen LogP contribution is 2.17. The molecule has 0 aliphatic rings. The molecule has 4 nitrogen and oxygen atoms in total. The molecule has 0 saturated carbocycles. The molecule has 122 valence electrons. The highest BCUT2D eigenvalue weighted by atomic mass is 35.5. The monoisotopic (exact) mass is 340 g/mol. The SMILES string of the molecule is Cc1c(C(=O)NCCc2cccc(Cl)c2)c(=O)[nH]c2ccccc12. The fraction of sp³-hybridized carbons (Fsp3) is 0.158. The molecule has 2 aromatic carbocycles. The molecule has 3 rings (SSSR count). The summed E-state index contributed by atoms with van der Waals surface area (Å²) in [6.07, 6.45) is 0.650. The van der Waals surface area contributed by atoms with Gasteiger partial charge in [-0.15, -0.1) is 0 Å². The van der Waals surface area contributed by atoms with Crippen LogP contribution in [0, 0.1) is 6.92 Å². The van der Waals surface area contributed by atoms with Crippen molar-refractivity contribution in [3.8, 4) is 0 Å². The van der Waals surface area contributed by atoms with Crippen LogP contribution in [-0.4, -0.2) is 17.4 Å². The molecule has 0 radical (unpaired) electrons. The van der Waals surface area contributed by atoms with E-state index in [-0.39, 0.29) is 17.0 Å². The van der Waals surface area contributed by atoms with Crippen molar-refractivity contribution in [2.45, 2.75) is 13.3 Å². The summed E-state index contributed by atoms with van der Waals surface area (Å²) in [4.78, 5) is 27.4. The van der Waals surface area contributed by atoms with Gasteiger partial charge in [-0.3, -0.25) is 9.59 Å². The Balaban J connectivity index is 1.78. The van der Waals surface area contributed by atoms with Gasteiger partial charge in [0.2, 0.25) is 0 Å². The first-order valence-corrected chi connectivity index (χ1v) is 8.08. The number of benzene rings is 2. The Kier molecular flexibility index (Phi) is 4.67. The van der Waals surface area contributed by atoms with Gasteiger partial charge in [-0.1, -0.05) is 41.9 Å². The molecule has 0 bridgehead atoms. The van der Waals surface area contributed by atoms with E-state index < -0.39 is 0 Å². The molecule has 0 saturated heterocycles. The molecule has 3 aromatic rings. The second-order valence-electron chi connectivity index (χ2n) is 5.64. The van der Waals surface area contributed by atoms with Crippen molar-refractivity contribution in [1.29, 1.82) is 0 Å². The molecule has 0 aliphatic heterocycles. The minimum atomic E-state index is -0.369. The van der Waals surface area contributed by atoms with Gasteiger partial charge in [0.25, 0.3) is 11.5 Å². The summed E-state index contributed by atoms with van der Waals surface area (Å²) < 4.78 is 0. The number of aromatic amines is 1. The highest BCUT2D eigenvalue weighted by molar-refractivity contribution is 6.30. The molecule has 0 unspecified atom stereocenters. The van der Waals surface area contributed by atoms with Crippen molar-refractivity contribution < 1.29 is 4.79 Å². The van der Waals surface area contributed by atoms with Gasteiger partial charge in [0.15, 0.2) is 0 Å². The molecule has 1 heterocycles. The molecule has 0 spiro atoms. The topological polar surface area (TPSA) is 62.0 Å². The number of aromatic nitrogens is 1. The van der Waals surface area contributed by atoms with Crippen molar-refractivity contribution in [2.75, 3.05) is 6.54 Å². The number of fused-ring (bicyclic) bond motifs is 1. The lowest BCUT2D eigenvalue weighted by Gasteiger charge is -2.09. The maximum atomic E-state index is 12.4. The Morgan fingerprint density at radius 1 is 1.17 bits per heavy atom. The third-order valence-electron chi connectivity index (χ3n) is 4.00. The molecule has 0 aliphatic carbocycles. The highest BCUT2D eigenvalue weighted by Gasteiger charge is 2.16. The van der Waals surface area contributed by atoms with Gasteiger partial charge in [0, 0.05) is 22.5 Å². The van der Waals surface area contributed by atoms with Gasteiger partial charge in [0.1, 0.15) is 5.56 Å². The summed E-state index contributed by atoms with van der Waals surface area (Å²) in [5.74, 6) is -0.360. The van der Waals surface area contributed by atoms with Crippen molar-refractivity contribution >= 4 is 28.4 Å². The predicted molar refractivity (Wildman–Crippen MR) is 96.8 cm³/mol. The van der Waals surface area contributed by atoms with Gasteiger partial charge < -0.3 is 10.3 Å². The molecule has 5 heteroatoms. The lowest BCUT2D eigenvalue weighted by Crippen LogP contribution is -2.32. The molecule has 0 fully saturated rings. The Bertz CT molecular complexity index is 963. The number of carbonyl (C=O) groups excluding carboxylic acids is 1. The molecular formula is C19H17ClN2O2. The molecule has 1 aromatic heterocycles. The number of rotatable bonds is 4. The second-order valence-corrected chi connectivity index (χ2v) is 6.07. The van der Waals surface area contributed by atoms with Crippen LogP contribution in [0.2, 0.25) is 5.02 Å². The Labute approximate surface area is 144 Å². The number of carbonyl (C=O) groups is 1. The fourth-order valence-electron chi connectivity index (χ4n) is 2.78. The van der Waals surface area contributed by atoms with Gasteiger partial charge >= 0.3 is 0 Å². The number of H-pyrrole nitrogens is 1. The van der Waals surface area contributed by atoms with E-state index in [4.69, 9.17) is 11.6 Å². The zero-order valence-corrected chi connectivity index (χ0v) is 14.0. The quantitative estimate of drug-likeness (QED) is 0.764. The van der Waals surface area contributed by atoms with Crippen LogP contribution in [0.15, 0.2) is 53.3 Å². The zero-order chi connectivity index (χ0) is 17.1. The summed E-state index contributed by atoms with van der Waals surface area (Å²) in [5.41, 5.74) is 2.25. The number of pyridine rings is 1. The van der Waals surface area contributed by atoms with Gasteiger partial charge in [-0.2, -0.15) is 0 Å². The molecule has 1 amide bonds. The van der Waals surface area contributed by atoms with Crippen LogP contribution in [-0.2, 0) is 6.42 Å². The van der Waals surface area contributed by atoms with Crippen LogP contribution in [0.3, 0.4) is 0 Å². The maximum absolute atomic E-state index is 12.4. The Hall–Kier alpha value is -2.59. The van der Waals surface area contributed by atoms with Crippen LogP contribution >= 0.6 is 11.6 Å². The van der Waals surface area contributed by atoms with E-state index >= 15 is 0 Å². The largest absolute Gasteiger partial charge is 0.352 e. The lowest BCUT2D eigenvalue weighted by atomic mass is 10.0. The number of amides is 1. The number of nitrogens with one attached hydrogen (secondary N) is 2. The van der Waals surface area contributed by atoms with Crippen LogP contribution in [0.4, 0.5) is 0 Å². The van der Waals surface area contributed by atoms with E-state index in [1.165, 1.54) is 0 Å². The summed E-state index contributed by atoms with van der Waals surface area (Å²) in [7, 11) is 0. The average molecular weight is 341 g/mol. The minimum absolute atomic E-state index is 0.166. The molecule has 24 heavy (non-hydrogen) atoms. The number of halogens is 1.